The summed E-state index contributed by atoms with van der Waals surface area (Å²) in [5.74, 6) is -0.353. The average Bonchev–Trinajstić information content (AvgIpc) is 2.93. The fourth-order valence-corrected chi connectivity index (χ4v) is 2.93. The maximum Gasteiger partial charge on any atom is 0.270 e. The molecule has 0 radical (unpaired) electrons. The van der Waals surface area contributed by atoms with Gasteiger partial charge in [0.25, 0.3) is 11.6 Å². The molecule has 7 heteroatoms. The Labute approximate surface area is 156 Å². The maximum absolute atomic E-state index is 12.4. The molecule has 0 bridgehead atoms. The third kappa shape index (κ3) is 4.20. The lowest BCUT2D eigenvalue weighted by Gasteiger charge is -2.07. The van der Waals surface area contributed by atoms with Crippen molar-refractivity contribution in [2.45, 2.75) is 26.9 Å². The van der Waals surface area contributed by atoms with Gasteiger partial charge < -0.3 is 5.32 Å². The first-order chi connectivity index (χ1) is 13.0. The van der Waals surface area contributed by atoms with Gasteiger partial charge in [0.15, 0.2) is 0 Å². The van der Waals surface area contributed by atoms with Gasteiger partial charge in [0.2, 0.25) is 0 Å². The van der Waals surface area contributed by atoms with Crippen molar-refractivity contribution in [3.8, 4) is 0 Å². The molecule has 27 heavy (non-hydrogen) atoms. The van der Waals surface area contributed by atoms with Gasteiger partial charge >= 0.3 is 0 Å². The van der Waals surface area contributed by atoms with Crippen molar-refractivity contribution in [3.63, 3.8) is 0 Å². The van der Waals surface area contributed by atoms with Crippen LogP contribution in [-0.2, 0) is 13.1 Å². The fraction of sp³-hybridized carbons (Fsp3) is 0.200. The second-order valence-electron chi connectivity index (χ2n) is 6.28. The van der Waals surface area contributed by atoms with Gasteiger partial charge in [-0.25, -0.2) is 0 Å². The molecule has 1 N–H and O–H groups in total. The monoisotopic (exact) mass is 364 g/mol. The van der Waals surface area contributed by atoms with Crippen LogP contribution in [0.15, 0.2) is 54.6 Å². The Morgan fingerprint density at radius 2 is 1.89 bits per heavy atom. The molecule has 0 spiro atoms. The molecule has 138 valence electrons. The highest BCUT2D eigenvalue weighted by molar-refractivity contribution is 5.94. The summed E-state index contributed by atoms with van der Waals surface area (Å²) in [6.07, 6.45) is 0. The van der Waals surface area contributed by atoms with E-state index in [1.54, 1.807) is 6.07 Å². The summed E-state index contributed by atoms with van der Waals surface area (Å²) in [5.41, 5.74) is 4.08. The summed E-state index contributed by atoms with van der Waals surface area (Å²) in [6, 6.07) is 15.7. The van der Waals surface area contributed by atoms with Crippen LogP contribution in [0.25, 0.3) is 0 Å². The topological polar surface area (TPSA) is 90.1 Å². The number of nitrogens with zero attached hydrogens (tertiary/aromatic N) is 3. The van der Waals surface area contributed by atoms with E-state index in [0.717, 1.165) is 22.5 Å². The highest BCUT2D eigenvalue weighted by Crippen LogP contribution is 2.16. The Kier molecular flexibility index (Phi) is 5.30. The van der Waals surface area contributed by atoms with Gasteiger partial charge in [-0.2, -0.15) is 5.10 Å². The van der Waals surface area contributed by atoms with E-state index in [1.807, 2.05) is 48.9 Å². The molecule has 1 amide bonds. The third-order valence-electron chi connectivity index (χ3n) is 4.45. The molecule has 1 aromatic heterocycles. The predicted molar refractivity (Wildman–Crippen MR) is 102 cm³/mol. The van der Waals surface area contributed by atoms with Crippen LogP contribution in [0.3, 0.4) is 0 Å². The SMILES string of the molecule is Cc1nn(Cc2ccccc2)c(C)c1CNC(=O)c1cccc([N+](=O)[O-])c1. The van der Waals surface area contributed by atoms with Crippen molar-refractivity contribution < 1.29 is 9.72 Å². The first-order valence-electron chi connectivity index (χ1n) is 8.55. The third-order valence-corrected chi connectivity index (χ3v) is 4.45. The Morgan fingerprint density at radius 3 is 2.59 bits per heavy atom. The average molecular weight is 364 g/mol. The highest BCUT2D eigenvalue weighted by atomic mass is 16.6. The number of amides is 1. The van der Waals surface area contributed by atoms with Crippen molar-refractivity contribution in [1.82, 2.24) is 15.1 Å². The molecule has 3 rings (SSSR count). The van der Waals surface area contributed by atoms with Gasteiger partial charge in [0.05, 0.1) is 17.2 Å². The summed E-state index contributed by atoms with van der Waals surface area (Å²) in [6.45, 7) is 4.85. The standard InChI is InChI=1S/C20H20N4O3/c1-14-19(15(2)23(22-14)13-16-7-4-3-5-8-16)12-21-20(25)17-9-6-10-18(11-17)24(26)27/h3-11H,12-13H2,1-2H3,(H,21,25). The van der Waals surface area contributed by atoms with Crippen LogP contribution < -0.4 is 5.32 Å². The Bertz CT molecular complexity index is 980. The van der Waals surface area contributed by atoms with Crippen LogP contribution in [0.5, 0.6) is 0 Å². The van der Waals surface area contributed by atoms with Crippen LogP contribution >= 0.6 is 0 Å². The van der Waals surface area contributed by atoms with E-state index in [9.17, 15) is 14.9 Å². The fourth-order valence-electron chi connectivity index (χ4n) is 2.93. The quantitative estimate of drug-likeness (QED) is 0.536. The van der Waals surface area contributed by atoms with Crippen LogP contribution in [-0.4, -0.2) is 20.6 Å². The van der Waals surface area contributed by atoms with Gasteiger partial charge in [0.1, 0.15) is 0 Å². The molecule has 0 aliphatic heterocycles. The summed E-state index contributed by atoms with van der Waals surface area (Å²) >= 11 is 0. The molecule has 0 unspecified atom stereocenters. The molecule has 1 heterocycles. The number of non-ortho nitro benzene ring substituents is 1. The highest BCUT2D eigenvalue weighted by Gasteiger charge is 2.15. The lowest BCUT2D eigenvalue weighted by molar-refractivity contribution is -0.384. The van der Waals surface area contributed by atoms with Crippen molar-refractivity contribution >= 4 is 11.6 Å². The van der Waals surface area contributed by atoms with Crippen molar-refractivity contribution in [2.75, 3.05) is 0 Å². The molecule has 2 aromatic carbocycles. The molecular formula is C20H20N4O3. The number of aromatic nitrogens is 2. The molecule has 3 aromatic rings. The second-order valence-corrected chi connectivity index (χ2v) is 6.28. The smallest absolute Gasteiger partial charge is 0.270 e. The molecule has 0 fully saturated rings. The zero-order valence-electron chi connectivity index (χ0n) is 15.2. The molecule has 0 atom stereocenters. The van der Waals surface area contributed by atoms with E-state index in [4.69, 9.17) is 0 Å². The molecule has 0 saturated carbocycles. The van der Waals surface area contributed by atoms with E-state index >= 15 is 0 Å². The number of rotatable bonds is 6. The summed E-state index contributed by atoms with van der Waals surface area (Å²) in [7, 11) is 0. The number of hydrogen-bond donors (Lipinski definition) is 1. The number of carbonyl (C=O) groups excluding carboxylic acids is 1. The van der Waals surface area contributed by atoms with Crippen LogP contribution in [0.1, 0.15) is 32.9 Å². The Hall–Kier alpha value is -3.48. The molecule has 0 saturated heterocycles. The minimum atomic E-state index is -0.515. The number of nitro benzene ring substituents is 1. The number of nitro groups is 1. The number of aryl methyl sites for hydroxylation is 1. The number of carbonyl (C=O) groups is 1. The van der Waals surface area contributed by atoms with E-state index in [1.165, 1.54) is 18.2 Å². The van der Waals surface area contributed by atoms with Crippen molar-refractivity contribution in [2.24, 2.45) is 0 Å². The lowest BCUT2D eigenvalue weighted by Crippen LogP contribution is -2.23. The van der Waals surface area contributed by atoms with Gasteiger partial charge in [-0.1, -0.05) is 36.4 Å². The van der Waals surface area contributed by atoms with Crippen molar-refractivity contribution in [3.05, 3.63) is 92.8 Å². The summed E-state index contributed by atoms with van der Waals surface area (Å²) < 4.78 is 1.92. The first kappa shape index (κ1) is 18.3. The second kappa shape index (κ2) is 7.82. The lowest BCUT2D eigenvalue weighted by atomic mass is 10.1. The van der Waals surface area contributed by atoms with E-state index in [0.29, 0.717) is 13.1 Å². The number of benzene rings is 2. The van der Waals surface area contributed by atoms with Gasteiger partial charge in [-0.15, -0.1) is 0 Å². The number of hydrogen-bond acceptors (Lipinski definition) is 4. The van der Waals surface area contributed by atoms with Gasteiger partial charge in [-0.3, -0.25) is 19.6 Å². The minimum absolute atomic E-state index is 0.106. The Balaban J connectivity index is 1.72. The van der Waals surface area contributed by atoms with E-state index < -0.39 is 4.92 Å². The van der Waals surface area contributed by atoms with Gasteiger partial charge in [-0.05, 0) is 25.5 Å². The summed E-state index contributed by atoms with van der Waals surface area (Å²) in [5, 5.41) is 18.3. The van der Waals surface area contributed by atoms with E-state index in [-0.39, 0.29) is 17.2 Å². The minimum Gasteiger partial charge on any atom is -0.348 e. The number of nitrogens with one attached hydrogen (secondary N) is 1. The van der Waals surface area contributed by atoms with Gasteiger partial charge in [0, 0.05) is 35.5 Å². The molecule has 7 nitrogen and oxygen atoms in total. The predicted octanol–water partition coefficient (Wildman–Crippen LogP) is 3.39. The first-order valence-corrected chi connectivity index (χ1v) is 8.55. The van der Waals surface area contributed by atoms with Crippen LogP contribution in [0.2, 0.25) is 0 Å². The zero-order valence-corrected chi connectivity index (χ0v) is 15.2. The Morgan fingerprint density at radius 1 is 1.15 bits per heavy atom. The maximum atomic E-state index is 12.4. The molecule has 0 aliphatic rings. The summed E-state index contributed by atoms with van der Waals surface area (Å²) in [4.78, 5) is 22.7. The zero-order chi connectivity index (χ0) is 19.4. The van der Waals surface area contributed by atoms with E-state index in [2.05, 4.69) is 10.4 Å². The molecular weight excluding hydrogens is 344 g/mol. The van der Waals surface area contributed by atoms with Crippen molar-refractivity contribution in [1.29, 1.82) is 0 Å². The van der Waals surface area contributed by atoms with Crippen LogP contribution in [0.4, 0.5) is 5.69 Å². The molecule has 0 aliphatic carbocycles. The van der Waals surface area contributed by atoms with Crippen LogP contribution in [0, 0.1) is 24.0 Å². The normalized spacial score (nSPS) is 10.6. The largest absolute Gasteiger partial charge is 0.348 e.